The topological polar surface area (TPSA) is 67.4 Å². The number of rotatable bonds is 7. The van der Waals surface area contributed by atoms with Gasteiger partial charge in [-0.2, -0.15) is 0 Å². The van der Waals surface area contributed by atoms with E-state index in [-0.39, 0.29) is 11.6 Å². The number of hydrogen-bond acceptors (Lipinski definition) is 3. The van der Waals surface area contributed by atoms with Crippen molar-refractivity contribution >= 4 is 39.5 Å². The highest BCUT2D eigenvalue weighted by Gasteiger charge is 2.15. The van der Waals surface area contributed by atoms with Crippen molar-refractivity contribution in [1.29, 1.82) is 0 Å². The van der Waals surface area contributed by atoms with Crippen molar-refractivity contribution in [2.24, 2.45) is 0 Å². The van der Waals surface area contributed by atoms with Crippen molar-refractivity contribution < 1.29 is 14.3 Å². The Bertz CT molecular complexity index is 1050. The summed E-state index contributed by atoms with van der Waals surface area (Å²) < 4.78 is 6.29. The van der Waals surface area contributed by atoms with Crippen molar-refractivity contribution in [2.45, 2.75) is 6.92 Å². The van der Waals surface area contributed by atoms with Gasteiger partial charge in [0, 0.05) is 15.7 Å². The molecule has 3 aromatic rings. The fourth-order valence-electron chi connectivity index (χ4n) is 2.70. The maximum atomic E-state index is 12.9. The van der Waals surface area contributed by atoms with Crippen LogP contribution in [0.25, 0.3) is 6.08 Å². The number of nitrogens with one attached hydrogen (secondary N) is 2. The molecule has 3 aromatic carbocycles. The molecule has 0 aliphatic rings. The van der Waals surface area contributed by atoms with Gasteiger partial charge >= 0.3 is 0 Å². The lowest BCUT2D eigenvalue weighted by Crippen LogP contribution is -2.30. The van der Waals surface area contributed by atoms with Crippen molar-refractivity contribution in [3.05, 3.63) is 100 Å². The molecule has 0 atom stereocenters. The Balaban J connectivity index is 1.86. The van der Waals surface area contributed by atoms with E-state index >= 15 is 0 Å². The zero-order valence-corrected chi connectivity index (χ0v) is 18.0. The van der Waals surface area contributed by atoms with Crippen LogP contribution < -0.4 is 15.4 Å². The summed E-state index contributed by atoms with van der Waals surface area (Å²) in [7, 11) is 0. The van der Waals surface area contributed by atoms with Crippen LogP contribution in [0.2, 0.25) is 0 Å². The SMILES string of the molecule is CCOc1ccc(/C=C(/NC(=O)c2ccccc2)C(=O)Nc2cccc(Br)c2)cc1. The molecule has 3 rings (SSSR count). The van der Waals surface area contributed by atoms with Crippen molar-refractivity contribution in [2.75, 3.05) is 11.9 Å². The lowest BCUT2D eigenvalue weighted by Gasteiger charge is -2.12. The molecule has 0 saturated heterocycles. The molecule has 2 amide bonds. The molecule has 5 nitrogen and oxygen atoms in total. The van der Waals surface area contributed by atoms with Crippen LogP contribution in [0.4, 0.5) is 5.69 Å². The molecule has 0 heterocycles. The smallest absolute Gasteiger partial charge is 0.272 e. The molecule has 0 radical (unpaired) electrons. The minimum atomic E-state index is -0.425. The van der Waals surface area contributed by atoms with E-state index in [4.69, 9.17) is 4.74 Å². The molecule has 30 heavy (non-hydrogen) atoms. The number of ether oxygens (including phenoxy) is 1. The summed E-state index contributed by atoms with van der Waals surface area (Å²) in [4.78, 5) is 25.6. The summed E-state index contributed by atoms with van der Waals surface area (Å²) in [6, 6.07) is 23.3. The Hall–Kier alpha value is -3.38. The second-order valence-electron chi connectivity index (χ2n) is 6.34. The van der Waals surface area contributed by atoms with Gasteiger partial charge in [-0.15, -0.1) is 0 Å². The fourth-order valence-corrected chi connectivity index (χ4v) is 3.10. The third kappa shape index (κ3) is 6.06. The molecular formula is C24H21BrN2O3. The number of carbonyl (C=O) groups is 2. The summed E-state index contributed by atoms with van der Waals surface area (Å²) in [5.74, 6) is -0.0495. The van der Waals surface area contributed by atoms with Gasteiger partial charge in [0.05, 0.1) is 6.61 Å². The van der Waals surface area contributed by atoms with Crippen LogP contribution >= 0.6 is 15.9 Å². The standard InChI is InChI=1S/C24H21BrN2O3/c1-2-30-21-13-11-17(12-14-21)15-22(27-23(28)18-7-4-3-5-8-18)24(29)26-20-10-6-9-19(25)16-20/h3-16H,2H2,1H3,(H,26,29)(H,27,28)/b22-15+. The van der Waals surface area contributed by atoms with Crippen LogP contribution in [0.1, 0.15) is 22.8 Å². The largest absolute Gasteiger partial charge is 0.494 e. The van der Waals surface area contributed by atoms with Crippen LogP contribution in [0.15, 0.2) is 89.0 Å². The fraction of sp³-hybridized carbons (Fsp3) is 0.0833. The Kier molecular flexibility index (Phi) is 7.40. The monoisotopic (exact) mass is 464 g/mol. The average molecular weight is 465 g/mol. The first kappa shape index (κ1) is 21.3. The highest BCUT2D eigenvalue weighted by Crippen LogP contribution is 2.18. The molecule has 0 saturated carbocycles. The van der Waals surface area contributed by atoms with Gasteiger partial charge in [-0.3, -0.25) is 9.59 Å². The molecule has 0 unspecified atom stereocenters. The predicted octanol–water partition coefficient (Wildman–Crippen LogP) is 5.26. The van der Waals surface area contributed by atoms with Crippen molar-refractivity contribution in [1.82, 2.24) is 5.32 Å². The molecule has 0 fully saturated rings. The van der Waals surface area contributed by atoms with Crippen molar-refractivity contribution in [3.8, 4) is 5.75 Å². The van der Waals surface area contributed by atoms with Gasteiger partial charge in [0.2, 0.25) is 0 Å². The van der Waals surface area contributed by atoms with Crippen LogP contribution in [0, 0.1) is 0 Å². The van der Waals surface area contributed by atoms with Gasteiger partial charge in [0.25, 0.3) is 11.8 Å². The highest BCUT2D eigenvalue weighted by atomic mass is 79.9. The van der Waals surface area contributed by atoms with Gasteiger partial charge in [-0.25, -0.2) is 0 Å². The summed E-state index contributed by atoms with van der Waals surface area (Å²) in [5.41, 5.74) is 1.96. The van der Waals surface area contributed by atoms with Crippen molar-refractivity contribution in [3.63, 3.8) is 0 Å². The summed E-state index contributed by atoms with van der Waals surface area (Å²) in [6.07, 6.45) is 1.63. The first-order valence-corrected chi connectivity index (χ1v) is 10.2. The van der Waals surface area contributed by atoms with E-state index in [2.05, 4.69) is 26.6 Å². The number of benzene rings is 3. The van der Waals surface area contributed by atoms with E-state index in [1.54, 1.807) is 42.5 Å². The van der Waals surface area contributed by atoms with Crippen LogP contribution in [0.5, 0.6) is 5.75 Å². The molecule has 6 heteroatoms. The zero-order valence-electron chi connectivity index (χ0n) is 16.4. The van der Waals surface area contributed by atoms with E-state index in [1.807, 2.05) is 49.4 Å². The van der Waals surface area contributed by atoms with Gasteiger partial charge in [0.1, 0.15) is 11.4 Å². The van der Waals surface area contributed by atoms with E-state index < -0.39 is 5.91 Å². The number of amides is 2. The maximum absolute atomic E-state index is 12.9. The third-order valence-corrected chi connectivity index (χ3v) is 4.61. The number of anilines is 1. The number of hydrogen-bond donors (Lipinski definition) is 2. The molecule has 0 aliphatic carbocycles. The Morgan fingerprint density at radius 2 is 1.70 bits per heavy atom. The first-order chi connectivity index (χ1) is 14.5. The molecule has 0 aliphatic heterocycles. The van der Waals surface area contributed by atoms with Gasteiger partial charge in [-0.05, 0) is 61.0 Å². The van der Waals surface area contributed by atoms with E-state index in [1.165, 1.54) is 0 Å². The molecular weight excluding hydrogens is 444 g/mol. The van der Waals surface area contributed by atoms with Crippen LogP contribution in [0.3, 0.4) is 0 Å². The molecule has 0 bridgehead atoms. The molecule has 0 aromatic heterocycles. The van der Waals surface area contributed by atoms with Crippen LogP contribution in [-0.2, 0) is 4.79 Å². The quantitative estimate of drug-likeness (QED) is 0.468. The van der Waals surface area contributed by atoms with Crippen LogP contribution in [-0.4, -0.2) is 18.4 Å². The zero-order chi connectivity index (χ0) is 21.3. The molecule has 0 spiro atoms. The summed E-state index contributed by atoms with van der Waals surface area (Å²) in [5, 5.41) is 5.54. The lowest BCUT2D eigenvalue weighted by molar-refractivity contribution is -0.113. The Morgan fingerprint density at radius 3 is 2.37 bits per heavy atom. The average Bonchev–Trinajstić information content (AvgIpc) is 2.75. The molecule has 2 N–H and O–H groups in total. The normalized spacial score (nSPS) is 10.9. The minimum absolute atomic E-state index is 0.132. The minimum Gasteiger partial charge on any atom is -0.494 e. The summed E-state index contributed by atoms with van der Waals surface area (Å²) in [6.45, 7) is 2.49. The third-order valence-electron chi connectivity index (χ3n) is 4.11. The predicted molar refractivity (Wildman–Crippen MR) is 122 cm³/mol. The van der Waals surface area contributed by atoms with E-state index in [0.717, 1.165) is 15.8 Å². The maximum Gasteiger partial charge on any atom is 0.272 e. The first-order valence-electron chi connectivity index (χ1n) is 9.43. The number of carbonyl (C=O) groups excluding carboxylic acids is 2. The Labute approximate surface area is 183 Å². The number of halogens is 1. The van der Waals surface area contributed by atoms with E-state index in [9.17, 15) is 9.59 Å². The Morgan fingerprint density at radius 1 is 0.967 bits per heavy atom. The second-order valence-corrected chi connectivity index (χ2v) is 7.26. The van der Waals surface area contributed by atoms with Gasteiger partial charge in [-0.1, -0.05) is 52.3 Å². The highest BCUT2D eigenvalue weighted by molar-refractivity contribution is 9.10. The molecule has 152 valence electrons. The lowest BCUT2D eigenvalue weighted by atomic mass is 10.1. The van der Waals surface area contributed by atoms with Gasteiger partial charge < -0.3 is 15.4 Å². The van der Waals surface area contributed by atoms with E-state index in [0.29, 0.717) is 17.9 Å². The second kappa shape index (κ2) is 10.4. The summed E-state index contributed by atoms with van der Waals surface area (Å²) >= 11 is 3.39. The van der Waals surface area contributed by atoms with Gasteiger partial charge in [0.15, 0.2) is 0 Å².